The largest absolute Gasteiger partial charge is 0.496 e. The Hall–Kier alpha value is -1.23. The van der Waals surface area contributed by atoms with Crippen molar-refractivity contribution < 1.29 is 17.9 Å². The maximum absolute atomic E-state index is 12.2. The Morgan fingerprint density at radius 1 is 1.24 bits per heavy atom. The van der Waals surface area contributed by atoms with E-state index in [1.807, 2.05) is 24.3 Å². The highest BCUT2D eigenvalue weighted by Gasteiger charge is 2.28. The molecule has 0 bridgehead atoms. The highest BCUT2D eigenvalue weighted by atomic mass is 127. The molecule has 0 heterocycles. The summed E-state index contributed by atoms with van der Waals surface area (Å²) in [6.45, 7) is 0.537. The van der Waals surface area contributed by atoms with Crippen LogP contribution in [0, 0.1) is 0 Å². The molecule has 144 valence electrons. The van der Waals surface area contributed by atoms with Crippen LogP contribution in [0.5, 0.6) is 5.75 Å². The van der Waals surface area contributed by atoms with Gasteiger partial charge in [-0.25, -0.2) is 0 Å². The molecule has 9 heteroatoms. The summed E-state index contributed by atoms with van der Waals surface area (Å²) in [7, 11) is 4.72. The number of guanidine groups is 1. The van der Waals surface area contributed by atoms with Crippen LogP contribution in [0.2, 0.25) is 0 Å². The minimum atomic E-state index is -4.16. The molecule has 0 atom stereocenters. The van der Waals surface area contributed by atoms with Crippen LogP contribution in [0.15, 0.2) is 29.3 Å². The number of rotatable bonds is 8. The monoisotopic (exact) mass is 474 g/mol. The molecule has 0 spiro atoms. The molecular weight excluding hydrogens is 448 g/mol. The van der Waals surface area contributed by atoms with Crippen molar-refractivity contribution in [2.75, 3.05) is 40.8 Å². The zero-order valence-corrected chi connectivity index (χ0v) is 17.0. The molecule has 0 unspecified atom stereocenters. The van der Waals surface area contributed by atoms with Gasteiger partial charge in [-0.05, 0) is 26.1 Å². The van der Waals surface area contributed by atoms with Gasteiger partial charge in [-0.1, -0.05) is 18.2 Å². The first kappa shape index (κ1) is 23.8. The molecule has 5 nitrogen and oxygen atoms in total. The van der Waals surface area contributed by atoms with Gasteiger partial charge in [-0.15, -0.1) is 24.0 Å². The Bertz CT molecular complexity index is 526. The highest BCUT2D eigenvalue weighted by Crippen LogP contribution is 2.16. The van der Waals surface area contributed by atoms with Crippen LogP contribution in [0.3, 0.4) is 0 Å². The van der Waals surface area contributed by atoms with Crippen molar-refractivity contribution in [3.05, 3.63) is 29.8 Å². The lowest BCUT2D eigenvalue weighted by atomic mass is 10.2. The average Bonchev–Trinajstić information content (AvgIpc) is 2.52. The van der Waals surface area contributed by atoms with Crippen molar-refractivity contribution in [1.82, 2.24) is 15.5 Å². The van der Waals surface area contributed by atoms with Crippen molar-refractivity contribution in [2.24, 2.45) is 4.99 Å². The molecule has 0 aliphatic rings. The van der Waals surface area contributed by atoms with Crippen LogP contribution >= 0.6 is 24.0 Å². The number of ether oxygens (including phenoxy) is 1. The van der Waals surface area contributed by atoms with Crippen LogP contribution in [0.25, 0.3) is 0 Å². The number of halogens is 4. The fourth-order valence-corrected chi connectivity index (χ4v) is 2.19. The standard InChI is InChI=1S/C16H25F3N4O.HI/c1-20-15(21-9-6-10-23(2)12-16(17,18)19)22-11-13-7-4-5-8-14(13)24-3;/h4-5,7-8H,6,9-12H2,1-3H3,(H2,20,21,22);1H. The van der Waals surface area contributed by atoms with E-state index in [4.69, 9.17) is 4.74 Å². The summed E-state index contributed by atoms with van der Waals surface area (Å²) < 4.78 is 42.0. The first-order valence-electron chi connectivity index (χ1n) is 7.67. The van der Waals surface area contributed by atoms with E-state index in [9.17, 15) is 13.2 Å². The third-order valence-corrected chi connectivity index (χ3v) is 3.32. The van der Waals surface area contributed by atoms with Crippen molar-refractivity contribution in [3.8, 4) is 5.75 Å². The molecule has 0 aromatic heterocycles. The Kier molecular flexibility index (Phi) is 11.6. The van der Waals surface area contributed by atoms with Gasteiger partial charge in [-0.3, -0.25) is 9.89 Å². The first-order chi connectivity index (χ1) is 11.4. The molecule has 0 amide bonds. The van der Waals surface area contributed by atoms with Crippen LogP contribution in [0.1, 0.15) is 12.0 Å². The number of hydrogen-bond donors (Lipinski definition) is 2. The third-order valence-electron chi connectivity index (χ3n) is 3.32. The van der Waals surface area contributed by atoms with Crippen molar-refractivity contribution in [1.29, 1.82) is 0 Å². The summed E-state index contributed by atoms with van der Waals surface area (Å²) in [6.07, 6.45) is -3.57. The fourth-order valence-electron chi connectivity index (χ4n) is 2.19. The number of benzene rings is 1. The molecule has 0 fully saturated rings. The molecule has 2 N–H and O–H groups in total. The van der Waals surface area contributed by atoms with E-state index in [1.165, 1.54) is 11.9 Å². The second-order valence-electron chi connectivity index (χ2n) is 5.37. The van der Waals surface area contributed by atoms with Gasteiger partial charge < -0.3 is 15.4 Å². The van der Waals surface area contributed by atoms with Gasteiger partial charge in [0.05, 0.1) is 13.7 Å². The number of aliphatic imine (C=N–C) groups is 1. The number of nitrogens with zero attached hydrogens (tertiary/aromatic N) is 2. The highest BCUT2D eigenvalue weighted by molar-refractivity contribution is 14.0. The zero-order valence-electron chi connectivity index (χ0n) is 14.7. The Labute approximate surface area is 164 Å². The summed E-state index contributed by atoms with van der Waals surface area (Å²) in [6, 6.07) is 7.65. The molecule has 0 radical (unpaired) electrons. The SMILES string of the molecule is CN=C(NCCCN(C)CC(F)(F)F)NCc1ccccc1OC.I. The predicted molar refractivity (Wildman–Crippen MR) is 105 cm³/mol. The first-order valence-corrected chi connectivity index (χ1v) is 7.67. The summed E-state index contributed by atoms with van der Waals surface area (Å²) >= 11 is 0. The summed E-state index contributed by atoms with van der Waals surface area (Å²) in [5, 5.41) is 6.24. The number of nitrogens with one attached hydrogen (secondary N) is 2. The van der Waals surface area contributed by atoms with E-state index >= 15 is 0 Å². The number of alkyl halides is 3. The third kappa shape index (κ3) is 10.4. The van der Waals surface area contributed by atoms with Gasteiger partial charge in [0, 0.05) is 25.7 Å². The molecule has 25 heavy (non-hydrogen) atoms. The second-order valence-corrected chi connectivity index (χ2v) is 5.37. The van der Waals surface area contributed by atoms with Crippen molar-refractivity contribution in [2.45, 2.75) is 19.1 Å². The fraction of sp³-hybridized carbons (Fsp3) is 0.562. The molecule has 0 saturated heterocycles. The predicted octanol–water partition coefficient (Wildman–Crippen LogP) is 2.86. The van der Waals surface area contributed by atoms with Gasteiger partial charge in [0.1, 0.15) is 5.75 Å². The summed E-state index contributed by atoms with van der Waals surface area (Å²) in [5.74, 6) is 1.38. The van der Waals surface area contributed by atoms with Gasteiger partial charge in [0.15, 0.2) is 5.96 Å². The van der Waals surface area contributed by atoms with Crippen LogP contribution < -0.4 is 15.4 Å². The maximum atomic E-state index is 12.2. The van der Waals surface area contributed by atoms with Crippen molar-refractivity contribution in [3.63, 3.8) is 0 Å². The molecule has 1 aromatic carbocycles. The normalized spacial score (nSPS) is 11.9. The minimum Gasteiger partial charge on any atom is -0.496 e. The lowest BCUT2D eigenvalue weighted by molar-refractivity contribution is -0.143. The van der Waals surface area contributed by atoms with Gasteiger partial charge in [0.2, 0.25) is 0 Å². The van der Waals surface area contributed by atoms with Crippen molar-refractivity contribution >= 4 is 29.9 Å². The quantitative estimate of drug-likeness (QED) is 0.264. The van der Waals surface area contributed by atoms with Gasteiger partial charge in [-0.2, -0.15) is 13.2 Å². The zero-order chi connectivity index (χ0) is 18.0. The molecule has 0 saturated carbocycles. The summed E-state index contributed by atoms with van der Waals surface area (Å²) in [4.78, 5) is 5.35. The Morgan fingerprint density at radius 2 is 1.92 bits per heavy atom. The summed E-state index contributed by atoms with van der Waals surface area (Å²) in [5.41, 5.74) is 0.993. The smallest absolute Gasteiger partial charge is 0.401 e. The lowest BCUT2D eigenvalue weighted by Gasteiger charge is -2.19. The maximum Gasteiger partial charge on any atom is 0.401 e. The lowest BCUT2D eigenvalue weighted by Crippen LogP contribution is -2.39. The van der Waals surface area contributed by atoms with Gasteiger partial charge in [0.25, 0.3) is 0 Å². The molecule has 0 aliphatic heterocycles. The van der Waals surface area contributed by atoms with E-state index in [0.29, 0.717) is 32.0 Å². The van der Waals surface area contributed by atoms with Crippen LogP contribution in [-0.4, -0.2) is 57.9 Å². The molecule has 1 aromatic rings. The molecule has 0 aliphatic carbocycles. The average molecular weight is 474 g/mol. The number of hydrogen-bond acceptors (Lipinski definition) is 3. The molecule has 1 rings (SSSR count). The number of methoxy groups -OCH3 is 1. The van der Waals surface area contributed by atoms with E-state index in [2.05, 4.69) is 15.6 Å². The van der Waals surface area contributed by atoms with E-state index in [-0.39, 0.29) is 24.0 Å². The van der Waals surface area contributed by atoms with E-state index in [0.717, 1.165) is 11.3 Å². The molecular formula is C16H26F3IN4O. The number of para-hydroxylation sites is 1. The second kappa shape index (κ2) is 12.2. The van der Waals surface area contributed by atoms with E-state index in [1.54, 1.807) is 14.2 Å². The van der Waals surface area contributed by atoms with E-state index < -0.39 is 12.7 Å². The Morgan fingerprint density at radius 3 is 2.52 bits per heavy atom. The topological polar surface area (TPSA) is 48.9 Å². The van der Waals surface area contributed by atoms with Gasteiger partial charge >= 0.3 is 6.18 Å². The van der Waals surface area contributed by atoms with Crippen LogP contribution in [0.4, 0.5) is 13.2 Å². The Balaban J connectivity index is 0.00000576. The van der Waals surface area contributed by atoms with Crippen LogP contribution in [-0.2, 0) is 6.54 Å². The minimum absolute atomic E-state index is 0.